The normalized spacial score (nSPS) is 16.1. The molecule has 4 nitrogen and oxygen atoms in total. The van der Waals surface area contributed by atoms with E-state index in [0.717, 1.165) is 23.0 Å². The molecule has 1 aliphatic rings. The quantitative estimate of drug-likeness (QED) is 0.926. The fraction of sp³-hybridized carbons (Fsp3) is 0.333. The number of carboxylic acids is 1. The second kappa shape index (κ2) is 3.84. The average Bonchev–Trinajstić information content (AvgIpc) is 2.52. The van der Waals surface area contributed by atoms with Gasteiger partial charge in [0.15, 0.2) is 5.69 Å². The number of pyridine rings is 1. The third-order valence-electron chi connectivity index (χ3n) is 3.30. The molecular formula is C12H11BrN2O2. The van der Waals surface area contributed by atoms with Crippen molar-refractivity contribution in [3.05, 3.63) is 34.2 Å². The van der Waals surface area contributed by atoms with E-state index >= 15 is 0 Å². The van der Waals surface area contributed by atoms with Gasteiger partial charge in [0.1, 0.15) is 5.65 Å². The van der Waals surface area contributed by atoms with Gasteiger partial charge in [-0.05, 0) is 40.9 Å². The summed E-state index contributed by atoms with van der Waals surface area (Å²) in [5, 5.41) is 9.34. The molecule has 1 N–H and O–H groups in total. The molecular weight excluding hydrogens is 284 g/mol. The van der Waals surface area contributed by atoms with Crippen molar-refractivity contribution in [3.8, 4) is 0 Å². The first kappa shape index (κ1) is 10.8. The Hall–Kier alpha value is -1.36. The van der Waals surface area contributed by atoms with Crippen LogP contribution in [0.3, 0.4) is 0 Å². The number of aromatic carboxylic acids is 1. The van der Waals surface area contributed by atoms with Gasteiger partial charge in [0.2, 0.25) is 0 Å². The number of carbonyl (C=O) groups is 1. The Morgan fingerprint density at radius 2 is 2.24 bits per heavy atom. The number of carboxylic acid groups (broad SMARTS) is 1. The Balaban J connectivity index is 2.26. The fourth-order valence-corrected chi connectivity index (χ4v) is 2.55. The second-order valence-corrected chi connectivity index (χ2v) is 5.27. The lowest BCUT2D eigenvalue weighted by molar-refractivity contribution is 0.0686. The van der Waals surface area contributed by atoms with E-state index in [0.29, 0.717) is 17.3 Å². The van der Waals surface area contributed by atoms with Gasteiger partial charge in [-0.15, -0.1) is 0 Å². The van der Waals surface area contributed by atoms with E-state index in [4.69, 9.17) is 0 Å². The highest BCUT2D eigenvalue weighted by molar-refractivity contribution is 9.10. The van der Waals surface area contributed by atoms with Crippen molar-refractivity contribution in [2.75, 3.05) is 0 Å². The number of halogens is 1. The zero-order valence-corrected chi connectivity index (χ0v) is 10.6. The summed E-state index contributed by atoms with van der Waals surface area (Å²) in [6.45, 7) is 0. The van der Waals surface area contributed by atoms with Gasteiger partial charge in [0, 0.05) is 16.6 Å². The summed E-state index contributed by atoms with van der Waals surface area (Å²) in [7, 11) is 0. The van der Waals surface area contributed by atoms with Crippen molar-refractivity contribution in [3.63, 3.8) is 0 Å². The number of imidazole rings is 1. The first-order chi connectivity index (χ1) is 8.16. The van der Waals surface area contributed by atoms with Crippen LogP contribution in [0.15, 0.2) is 22.8 Å². The molecule has 0 saturated heterocycles. The molecule has 2 heterocycles. The zero-order valence-electron chi connectivity index (χ0n) is 9.06. The molecule has 0 amide bonds. The molecule has 0 aliphatic heterocycles. The van der Waals surface area contributed by atoms with Crippen LogP contribution in [0.5, 0.6) is 0 Å². The minimum atomic E-state index is -0.905. The van der Waals surface area contributed by atoms with Crippen LogP contribution in [-0.2, 0) is 0 Å². The molecule has 17 heavy (non-hydrogen) atoms. The molecule has 3 rings (SSSR count). The van der Waals surface area contributed by atoms with Crippen LogP contribution in [0.4, 0.5) is 0 Å². The van der Waals surface area contributed by atoms with Crippen LogP contribution in [0.2, 0.25) is 0 Å². The Kier molecular flexibility index (Phi) is 2.43. The summed E-state index contributed by atoms with van der Waals surface area (Å²) < 4.78 is 2.50. The van der Waals surface area contributed by atoms with Gasteiger partial charge in [-0.1, -0.05) is 6.42 Å². The van der Waals surface area contributed by atoms with Crippen LogP contribution >= 0.6 is 15.9 Å². The number of fused-ring (bicyclic) bond motifs is 1. The monoisotopic (exact) mass is 294 g/mol. The molecule has 1 saturated carbocycles. The van der Waals surface area contributed by atoms with Gasteiger partial charge in [0.05, 0.1) is 5.69 Å². The number of rotatable bonds is 2. The van der Waals surface area contributed by atoms with E-state index < -0.39 is 5.97 Å². The molecule has 1 aliphatic carbocycles. The molecule has 0 unspecified atom stereocenters. The van der Waals surface area contributed by atoms with Crippen LogP contribution < -0.4 is 0 Å². The third-order valence-corrected chi connectivity index (χ3v) is 3.77. The van der Waals surface area contributed by atoms with Crippen molar-refractivity contribution in [1.82, 2.24) is 9.38 Å². The SMILES string of the molecule is O=C(O)c1c(C2CCC2)nc2ccc(Br)cn12. The van der Waals surface area contributed by atoms with Crippen LogP contribution in [0.1, 0.15) is 41.4 Å². The van der Waals surface area contributed by atoms with Crippen molar-refractivity contribution >= 4 is 27.5 Å². The van der Waals surface area contributed by atoms with E-state index in [-0.39, 0.29) is 0 Å². The third kappa shape index (κ3) is 1.65. The molecule has 0 atom stereocenters. The standard InChI is InChI=1S/C12H11BrN2O2/c13-8-4-5-9-14-10(7-2-1-3-7)11(12(16)17)15(9)6-8/h4-7H,1-3H2,(H,16,17). The highest BCUT2D eigenvalue weighted by atomic mass is 79.9. The highest BCUT2D eigenvalue weighted by Gasteiger charge is 2.29. The van der Waals surface area contributed by atoms with Crippen LogP contribution in [0, 0.1) is 0 Å². The summed E-state index contributed by atoms with van der Waals surface area (Å²) in [5.74, 6) is -0.586. The summed E-state index contributed by atoms with van der Waals surface area (Å²) >= 11 is 3.35. The molecule has 5 heteroatoms. The molecule has 2 aromatic rings. The van der Waals surface area contributed by atoms with Crippen LogP contribution in [0.25, 0.3) is 5.65 Å². The van der Waals surface area contributed by atoms with Gasteiger partial charge in [-0.2, -0.15) is 0 Å². The van der Waals surface area contributed by atoms with Gasteiger partial charge < -0.3 is 5.11 Å². The second-order valence-electron chi connectivity index (χ2n) is 4.35. The van der Waals surface area contributed by atoms with Crippen LogP contribution in [-0.4, -0.2) is 20.5 Å². The van der Waals surface area contributed by atoms with E-state index in [1.54, 1.807) is 10.6 Å². The Morgan fingerprint density at radius 1 is 1.47 bits per heavy atom. The molecule has 1 fully saturated rings. The van der Waals surface area contributed by atoms with E-state index in [2.05, 4.69) is 20.9 Å². The number of hydrogen-bond donors (Lipinski definition) is 1. The smallest absolute Gasteiger partial charge is 0.354 e. The lowest BCUT2D eigenvalue weighted by atomic mass is 9.82. The Morgan fingerprint density at radius 3 is 2.82 bits per heavy atom. The molecule has 88 valence electrons. The average molecular weight is 295 g/mol. The van der Waals surface area contributed by atoms with Gasteiger partial charge in [-0.25, -0.2) is 9.78 Å². The summed E-state index contributed by atoms with van der Waals surface area (Å²) in [4.78, 5) is 15.8. The number of hydrogen-bond acceptors (Lipinski definition) is 2. The fourth-order valence-electron chi connectivity index (χ4n) is 2.22. The first-order valence-corrected chi connectivity index (χ1v) is 6.37. The number of nitrogens with zero attached hydrogens (tertiary/aromatic N) is 2. The topological polar surface area (TPSA) is 54.6 Å². The minimum Gasteiger partial charge on any atom is -0.477 e. The lowest BCUT2D eigenvalue weighted by Crippen LogP contribution is -2.14. The maximum Gasteiger partial charge on any atom is 0.354 e. The summed E-state index contributed by atoms with van der Waals surface area (Å²) in [5.41, 5.74) is 1.75. The summed E-state index contributed by atoms with van der Waals surface area (Å²) in [6.07, 6.45) is 5.02. The van der Waals surface area contributed by atoms with E-state index in [1.165, 1.54) is 6.42 Å². The van der Waals surface area contributed by atoms with Crippen molar-refractivity contribution < 1.29 is 9.90 Å². The number of aromatic nitrogens is 2. The Bertz CT molecular complexity index is 602. The minimum absolute atomic E-state index is 0.311. The predicted octanol–water partition coefficient (Wildman–Crippen LogP) is 3.06. The van der Waals surface area contributed by atoms with Gasteiger partial charge >= 0.3 is 5.97 Å². The maximum atomic E-state index is 11.4. The highest BCUT2D eigenvalue weighted by Crippen LogP contribution is 2.37. The van der Waals surface area contributed by atoms with Crippen molar-refractivity contribution in [2.45, 2.75) is 25.2 Å². The first-order valence-electron chi connectivity index (χ1n) is 5.57. The summed E-state index contributed by atoms with van der Waals surface area (Å²) in [6, 6.07) is 3.71. The molecule has 0 bridgehead atoms. The van der Waals surface area contributed by atoms with Crippen molar-refractivity contribution in [2.24, 2.45) is 0 Å². The molecule has 0 spiro atoms. The van der Waals surface area contributed by atoms with E-state index in [1.807, 2.05) is 12.1 Å². The Labute approximate surface area is 106 Å². The molecule has 2 aromatic heterocycles. The molecule has 0 aromatic carbocycles. The van der Waals surface area contributed by atoms with Gasteiger partial charge in [0.25, 0.3) is 0 Å². The predicted molar refractivity (Wildman–Crippen MR) is 66.4 cm³/mol. The van der Waals surface area contributed by atoms with E-state index in [9.17, 15) is 9.90 Å². The lowest BCUT2D eigenvalue weighted by Gasteiger charge is -2.23. The van der Waals surface area contributed by atoms with Crippen molar-refractivity contribution in [1.29, 1.82) is 0 Å². The van der Waals surface area contributed by atoms with Gasteiger partial charge in [-0.3, -0.25) is 4.40 Å². The molecule has 0 radical (unpaired) electrons. The largest absolute Gasteiger partial charge is 0.477 e. The maximum absolute atomic E-state index is 11.4. The zero-order chi connectivity index (χ0) is 12.0.